The van der Waals surface area contributed by atoms with Gasteiger partial charge in [-0.15, -0.1) is 0 Å². The molecule has 0 N–H and O–H groups in total. The van der Waals surface area contributed by atoms with E-state index in [1.54, 1.807) is 25.3 Å². The number of benzene rings is 1. The number of aromatic nitrogens is 1. The quantitative estimate of drug-likeness (QED) is 0.849. The fourth-order valence-corrected chi connectivity index (χ4v) is 1.99. The van der Waals surface area contributed by atoms with E-state index in [1.165, 1.54) is 0 Å². The van der Waals surface area contributed by atoms with Gasteiger partial charge < -0.3 is 9.26 Å². The molecule has 0 saturated heterocycles. The smallest absolute Gasteiger partial charge is 0.198 e. The maximum Gasteiger partial charge on any atom is 0.198 e. The molecule has 0 bridgehead atoms. The van der Waals surface area contributed by atoms with Crippen LogP contribution >= 0.6 is 27.5 Å². The highest BCUT2D eigenvalue weighted by atomic mass is 79.9. The normalized spacial score (nSPS) is 10.0. The fourth-order valence-electron chi connectivity index (χ4n) is 1.37. The molecular formula is C11H6BrClN2O2. The Kier molecular flexibility index (Phi) is 3.36. The molecule has 1 heterocycles. The van der Waals surface area contributed by atoms with Gasteiger partial charge in [-0.05, 0) is 34.1 Å². The first-order chi connectivity index (χ1) is 8.17. The summed E-state index contributed by atoms with van der Waals surface area (Å²) in [6.07, 6.45) is 0. The summed E-state index contributed by atoms with van der Waals surface area (Å²) in [7, 11) is 1.54. The summed E-state index contributed by atoms with van der Waals surface area (Å²) < 4.78 is 10.8. The number of halogens is 2. The molecular weight excluding hydrogens is 307 g/mol. The van der Waals surface area contributed by atoms with Gasteiger partial charge in [0.2, 0.25) is 0 Å². The molecule has 0 aliphatic carbocycles. The summed E-state index contributed by atoms with van der Waals surface area (Å²) in [5, 5.41) is 13.0. The van der Waals surface area contributed by atoms with Crippen molar-refractivity contribution in [1.29, 1.82) is 5.26 Å². The Morgan fingerprint density at radius 2 is 2.29 bits per heavy atom. The van der Waals surface area contributed by atoms with Crippen molar-refractivity contribution >= 4 is 27.5 Å². The highest BCUT2D eigenvalue weighted by Crippen LogP contribution is 2.37. The number of ether oxygens (including phenoxy) is 1. The molecule has 6 heteroatoms. The van der Waals surface area contributed by atoms with Crippen LogP contribution in [0.15, 0.2) is 27.2 Å². The van der Waals surface area contributed by atoms with Crippen LogP contribution in [0.3, 0.4) is 0 Å². The molecule has 86 valence electrons. The number of hydrogen-bond donors (Lipinski definition) is 0. The first-order valence-electron chi connectivity index (χ1n) is 4.56. The van der Waals surface area contributed by atoms with Gasteiger partial charge in [0.25, 0.3) is 0 Å². The summed E-state index contributed by atoms with van der Waals surface area (Å²) in [6.45, 7) is 0. The maximum absolute atomic E-state index is 8.80. The van der Waals surface area contributed by atoms with Crippen molar-refractivity contribution < 1.29 is 9.26 Å². The number of nitrogens with zero attached hydrogens (tertiary/aromatic N) is 2. The summed E-state index contributed by atoms with van der Waals surface area (Å²) in [5.41, 5.74) is 0.822. The van der Waals surface area contributed by atoms with E-state index in [1.807, 2.05) is 6.07 Å². The van der Waals surface area contributed by atoms with E-state index in [0.29, 0.717) is 26.6 Å². The SMILES string of the molecule is COc1ccc(Cl)cc1-c1onc(C#N)c1Br. The Bertz CT molecular complexity index is 604. The van der Waals surface area contributed by atoms with E-state index in [0.717, 1.165) is 0 Å². The van der Waals surface area contributed by atoms with Crippen LogP contribution in [0.4, 0.5) is 0 Å². The maximum atomic E-state index is 8.80. The summed E-state index contributed by atoms with van der Waals surface area (Å²) in [6, 6.07) is 7.03. The fraction of sp³-hybridized carbons (Fsp3) is 0.0909. The van der Waals surface area contributed by atoms with Crippen LogP contribution in [0.2, 0.25) is 5.02 Å². The highest BCUT2D eigenvalue weighted by Gasteiger charge is 2.18. The lowest BCUT2D eigenvalue weighted by atomic mass is 10.1. The Labute approximate surface area is 111 Å². The molecule has 0 unspecified atom stereocenters. The van der Waals surface area contributed by atoms with Crippen LogP contribution in [0.25, 0.3) is 11.3 Å². The minimum atomic E-state index is 0.182. The Balaban J connectivity index is 2.63. The van der Waals surface area contributed by atoms with Gasteiger partial charge in [0.05, 0.1) is 12.7 Å². The van der Waals surface area contributed by atoms with Gasteiger partial charge in [-0.25, -0.2) is 0 Å². The van der Waals surface area contributed by atoms with Gasteiger partial charge in [-0.3, -0.25) is 0 Å². The molecule has 0 amide bonds. The Morgan fingerprint density at radius 1 is 1.53 bits per heavy atom. The third-order valence-corrected chi connectivity index (χ3v) is 3.12. The zero-order valence-electron chi connectivity index (χ0n) is 8.70. The molecule has 0 fully saturated rings. The van der Waals surface area contributed by atoms with Gasteiger partial charge >= 0.3 is 0 Å². The second kappa shape index (κ2) is 4.78. The van der Waals surface area contributed by atoms with Gasteiger partial charge in [-0.2, -0.15) is 5.26 Å². The van der Waals surface area contributed by atoms with Crippen molar-refractivity contribution in [1.82, 2.24) is 5.16 Å². The molecule has 0 saturated carbocycles. The molecule has 0 radical (unpaired) electrons. The lowest BCUT2D eigenvalue weighted by molar-refractivity contribution is 0.405. The molecule has 2 rings (SSSR count). The van der Waals surface area contributed by atoms with Crippen molar-refractivity contribution in [2.75, 3.05) is 7.11 Å². The highest BCUT2D eigenvalue weighted by molar-refractivity contribution is 9.10. The van der Waals surface area contributed by atoms with Crippen molar-refractivity contribution in [2.24, 2.45) is 0 Å². The van der Waals surface area contributed by atoms with Crippen LogP contribution in [0, 0.1) is 11.3 Å². The molecule has 4 nitrogen and oxygen atoms in total. The van der Waals surface area contributed by atoms with E-state index in [4.69, 9.17) is 26.1 Å². The summed E-state index contributed by atoms with van der Waals surface area (Å²) in [4.78, 5) is 0. The van der Waals surface area contributed by atoms with Crippen LogP contribution in [-0.4, -0.2) is 12.3 Å². The van der Waals surface area contributed by atoms with E-state index < -0.39 is 0 Å². The first-order valence-corrected chi connectivity index (χ1v) is 5.73. The number of rotatable bonds is 2. The predicted octanol–water partition coefficient (Wildman–Crippen LogP) is 3.64. The minimum Gasteiger partial charge on any atom is -0.496 e. The minimum absolute atomic E-state index is 0.182. The number of hydrogen-bond acceptors (Lipinski definition) is 4. The van der Waals surface area contributed by atoms with Crippen LogP contribution in [0.5, 0.6) is 5.75 Å². The summed E-state index contributed by atoms with van der Waals surface area (Å²) >= 11 is 9.18. The van der Waals surface area contributed by atoms with E-state index in [2.05, 4.69) is 21.1 Å². The number of nitriles is 1. The molecule has 2 aromatic rings. The van der Waals surface area contributed by atoms with Crippen molar-refractivity contribution in [3.63, 3.8) is 0 Å². The molecule has 0 aliphatic heterocycles. The summed E-state index contributed by atoms with van der Waals surface area (Å²) in [5.74, 6) is 1.01. The Hall–Kier alpha value is -1.51. The largest absolute Gasteiger partial charge is 0.496 e. The lowest BCUT2D eigenvalue weighted by Crippen LogP contribution is -1.87. The van der Waals surface area contributed by atoms with Gasteiger partial charge in [0.15, 0.2) is 11.5 Å². The number of methoxy groups -OCH3 is 1. The van der Waals surface area contributed by atoms with Gasteiger partial charge in [-0.1, -0.05) is 16.8 Å². The van der Waals surface area contributed by atoms with E-state index in [9.17, 15) is 0 Å². The van der Waals surface area contributed by atoms with Crippen LogP contribution in [0.1, 0.15) is 5.69 Å². The molecule has 1 aromatic carbocycles. The monoisotopic (exact) mass is 312 g/mol. The second-order valence-electron chi connectivity index (χ2n) is 3.13. The van der Waals surface area contributed by atoms with Crippen molar-refractivity contribution in [3.05, 3.63) is 33.4 Å². The zero-order chi connectivity index (χ0) is 12.4. The molecule has 0 aliphatic rings. The molecule has 0 spiro atoms. The van der Waals surface area contributed by atoms with Crippen LogP contribution < -0.4 is 4.74 Å². The Morgan fingerprint density at radius 3 is 2.88 bits per heavy atom. The lowest BCUT2D eigenvalue weighted by Gasteiger charge is -2.05. The third kappa shape index (κ3) is 2.14. The van der Waals surface area contributed by atoms with Crippen molar-refractivity contribution in [3.8, 4) is 23.1 Å². The van der Waals surface area contributed by atoms with Crippen LogP contribution in [-0.2, 0) is 0 Å². The molecule has 0 atom stereocenters. The van der Waals surface area contributed by atoms with E-state index >= 15 is 0 Å². The van der Waals surface area contributed by atoms with E-state index in [-0.39, 0.29) is 5.69 Å². The van der Waals surface area contributed by atoms with Gasteiger partial charge in [0, 0.05) is 5.02 Å². The topological polar surface area (TPSA) is 59.1 Å². The predicted molar refractivity (Wildman–Crippen MR) is 65.9 cm³/mol. The average molecular weight is 314 g/mol. The molecule has 1 aromatic heterocycles. The average Bonchev–Trinajstić information content (AvgIpc) is 2.70. The zero-order valence-corrected chi connectivity index (χ0v) is 11.0. The third-order valence-electron chi connectivity index (χ3n) is 2.15. The molecule has 17 heavy (non-hydrogen) atoms. The van der Waals surface area contributed by atoms with Crippen molar-refractivity contribution in [2.45, 2.75) is 0 Å². The second-order valence-corrected chi connectivity index (χ2v) is 4.36. The standard InChI is InChI=1S/C11H6BrClN2O2/c1-16-9-3-2-6(13)4-7(9)11-10(12)8(5-14)15-17-11/h2-4H,1H3. The van der Waals surface area contributed by atoms with Gasteiger partial charge in [0.1, 0.15) is 16.3 Å². The first kappa shape index (κ1) is 12.0.